The molecule has 0 saturated carbocycles. The van der Waals surface area contributed by atoms with E-state index >= 15 is 0 Å². The number of aliphatic hydroxyl groups is 7. The Kier molecular flexibility index (Phi) is 7.27. The van der Waals surface area contributed by atoms with Gasteiger partial charge < -0.3 is 55.3 Å². The summed E-state index contributed by atoms with van der Waals surface area (Å²) in [5.74, 6) is -0.574. The molecule has 0 aromatic carbocycles. The van der Waals surface area contributed by atoms with E-state index in [0.717, 1.165) is 6.92 Å². The summed E-state index contributed by atoms with van der Waals surface area (Å²) in [7, 11) is 0. The van der Waals surface area contributed by atoms with Crippen LogP contribution in [0.5, 0.6) is 0 Å². The van der Waals surface area contributed by atoms with Crippen molar-refractivity contribution in [2.45, 2.75) is 68.3 Å². The highest BCUT2D eigenvalue weighted by Gasteiger charge is 2.50. The fourth-order valence-corrected chi connectivity index (χ4v) is 2.97. The molecule has 152 valence electrons. The summed E-state index contributed by atoms with van der Waals surface area (Å²) in [5, 5.41) is 70.7. The summed E-state index contributed by atoms with van der Waals surface area (Å²) in [5.41, 5.74) is 0. The summed E-state index contributed by atoms with van der Waals surface area (Å²) in [6.07, 6.45) is -13.7. The minimum absolute atomic E-state index is 0.574. The topological polar surface area (TPSA) is 198 Å². The quantitative estimate of drug-likeness (QED) is 0.226. The standard InChI is InChI=1S/C14H25NO11/c1-4(18)15-7-12(9(20)6(3-17)24-13(7)23)26-14-11(22)10(21)8(19)5(2-16)25-14/h5-14,16-17,19-23H,2-3H2,1H3,(H,15,18)/t5-,6-,7-,8+,9+,10-,11-,12+,13+,14-/m1/s1. The minimum Gasteiger partial charge on any atom is -0.394 e. The van der Waals surface area contributed by atoms with Gasteiger partial charge in [-0.15, -0.1) is 0 Å². The molecule has 1 amide bonds. The van der Waals surface area contributed by atoms with Crippen molar-refractivity contribution in [2.24, 2.45) is 0 Å². The number of aliphatic hydroxyl groups excluding tert-OH is 7. The zero-order chi connectivity index (χ0) is 19.6. The summed E-state index contributed by atoms with van der Waals surface area (Å²) >= 11 is 0. The monoisotopic (exact) mass is 383 g/mol. The smallest absolute Gasteiger partial charge is 0.217 e. The SMILES string of the molecule is CC(=O)N[C@@H]1[C@H](O[C@H]2O[C@H](CO)[C@H](O)[C@@H](O)[C@H]2O)[C@@H](O)[C@@H](CO)O[C@@H]1O. The molecule has 2 saturated heterocycles. The molecule has 12 nitrogen and oxygen atoms in total. The predicted octanol–water partition coefficient (Wildman–Crippen LogP) is -5.25. The summed E-state index contributed by atoms with van der Waals surface area (Å²) < 4.78 is 15.7. The van der Waals surface area contributed by atoms with Crippen molar-refractivity contribution in [2.75, 3.05) is 13.2 Å². The third-order valence-corrected chi connectivity index (χ3v) is 4.38. The van der Waals surface area contributed by atoms with E-state index in [2.05, 4.69) is 5.32 Å². The molecule has 0 spiro atoms. The maximum Gasteiger partial charge on any atom is 0.217 e. The fraction of sp³-hybridized carbons (Fsp3) is 0.929. The number of carbonyl (C=O) groups is 1. The molecule has 2 aliphatic rings. The van der Waals surface area contributed by atoms with Crippen LogP contribution in [0, 0.1) is 0 Å². The minimum atomic E-state index is -1.74. The molecular weight excluding hydrogens is 358 g/mol. The normalized spacial score (nSPS) is 46.8. The molecule has 2 rings (SSSR count). The van der Waals surface area contributed by atoms with E-state index in [1.165, 1.54) is 0 Å². The molecule has 2 aliphatic heterocycles. The van der Waals surface area contributed by atoms with E-state index in [1.807, 2.05) is 0 Å². The van der Waals surface area contributed by atoms with Crippen LogP contribution < -0.4 is 5.32 Å². The van der Waals surface area contributed by atoms with E-state index in [9.17, 15) is 40.5 Å². The van der Waals surface area contributed by atoms with Crippen molar-refractivity contribution in [3.05, 3.63) is 0 Å². The molecule has 0 radical (unpaired) electrons. The highest BCUT2D eigenvalue weighted by atomic mass is 16.7. The second-order valence-corrected chi connectivity index (χ2v) is 6.26. The molecule has 26 heavy (non-hydrogen) atoms. The molecule has 2 heterocycles. The van der Waals surface area contributed by atoms with Gasteiger partial charge in [-0.1, -0.05) is 0 Å². The maximum absolute atomic E-state index is 11.4. The van der Waals surface area contributed by atoms with Crippen LogP contribution in [0.4, 0.5) is 0 Å². The number of amides is 1. The van der Waals surface area contributed by atoms with Crippen LogP contribution in [-0.4, -0.2) is 116 Å². The summed E-state index contributed by atoms with van der Waals surface area (Å²) in [6, 6.07) is -1.28. The van der Waals surface area contributed by atoms with Crippen LogP contribution >= 0.6 is 0 Å². The summed E-state index contributed by atoms with van der Waals surface area (Å²) in [4.78, 5) is 11.4. The van der Waals surface area contributed by atoms with Crippen LogP contribution in [0.15, 0.2) is 0 Å². The van der Waals surface area contributed by atoms with Gasteiger partial charge in [0, 0.05) is 6.92 Å². The lowest BCUT2D eigenvalue weighted by Gasteiger charge is -2.46. The van der Waals surface area contributed by atoms with Crippen molar-refractivity contribution >= 4 is 5.91 Å². The molecule has 8 N–H and O–H groups in total. The Morgan fingerprint density at radius 3 is 2.04 bits per heavy atom. The number of rotatable bonds is 5. The Morgan fingerprint density at radius 1 is 0.923 bits per heavy atom. The van der Waals surface area contributed by atoms with Gasteiger partial charge >= 0.3 is 0 Å². The van der Waals surface area contributed by atoms with Crippen LogP contribution in [0.25, 0.3) is 0 Å². The molecule has 0 bridgehead atoms. The Morgan fingerprint density at radius 2 is 1.50 bits per heavy atom. The lowest BCUT2D eigenvalue weighted by Crippen LogP contribution is -2.67. The highest BCUT2D eigenvalue weighted by Crippen LogP contribution is 2.28. The summed E-state index contributed by atoms with van der Waals surface area (Å²) in [6.45, 7) is -0.195. The van der Waals surface area contributed by atoms with Gasteiger partial charge in [0.15, 0.2) is 12.6 Å². The van der Waals surface area contributed by atoms with Gasteiger partial charge in [-0.05, 0) is 0 Å². The zero-order valence-corrected chi connectivity index (χ0v) is 14.0. The Balaban J connectivity index is 2.21. The lowest BCUT2D eigenvalue weighted by molar-refractivity contribution is -0.341. The van der Waals surface area contributed by atoms with Crippen molar-refractivity contribution in [1.29, 1.82) is 0 Å². The molecule has 2 fully saturated rings. The average molecular weight is 383 g/mol. The van der Waals surface area contributed by atoms with E-state index in [4.69, 9.17) is 14.2 Å². The zero-order valence-electron chi connectivity index (χ0n) is 14.0. The van der Waals surface area contributed by atoms with E-state index in [-0.39, 0.29) is 0 Å². The first-order chi connectivity index (χ1) is 12.2. The second kappa shape index (κ2) is 8.84. The number of hydrogen-bond acceptors (Lipinski definition) is 11. The van der Waals surface area contributed by atoms with Gasteiger partial charge in [0.05, 0.1) is 13.2 Å². The molecule has 12 heteroatoms. The Labute approximate surface area is 148 Å². The van der Waals surface area contributed by atoms with Crippen LogP contribution in [-0.2, 0) is 19.0 Å². The fourth-order valence-electron chi connectivity index (χ4n) is 2.97. The van der Waals surface area contributed by atoms with Gasteiger partial charge in [0.1, 0.15) is 48.8 Å². The predicted molar refractivity (Wildman–Crippen MR) is 80.2 cm³/mol. The third-order valence-electron chi connectivity index (χ3n) is 4.38. The average Bonchev–Trinajstić information content (AvgIpc) is 2.60. The van der Waals surface area contributed by atoms with Gasteiger partial charge in [-0.25, -0.2) is 0 Å². The molecule has 0 aromatic rings. The van der Waals surface area contributed by atoms with E-state index in [1.54, 1.807) is 0 Å². The van der Waals surface area contributed by atoms with Gasteiger partial charge in [-0.3, -0.25) is 4.79 Å². The van der Waals surface area contributed by atoms with Crippen molar-refractivity contribution in [3.8, 4) is 0 Å². The second-order valence-electron chi connectivity index (χ2n) is 6.26. The first-order valence-electron chi connectivity index (χ1n) is 8.06. The van der Waals surface area contributed by atoms with E-state index in [0.29, 0.717) is 0 Å². The Hall–Kier alpha value is -0.930. The Bertz CT molecular complexity index is 478. The lowest BCUT2D eigenvalue weighted by atomic mass is 9.95. The third kappa shape index (κ3) is 4.31. The van der Waals surface area contributed by atoms with Crippen LogP contribution in [0.1, 0.15) is 6.92 Å². The number of ether oxygens (including phenoxy) is 3. The number of nitrogens with one attached hydrogen (secondary N) is 1. The first kappa shape index (κ1) is 21.4. The molecule has 0 unspecified atom stereocenters. The molecule has 10 atom stereocenters. The van der Waals surface area contributed by atoms with Gasteiger partial charge in [0.2, 0.25) is 5.91 Å². The van der Waals surface area contributed by atoms with Gasteiger partial charge in [-0.2, -0.15) is 0 Å². The highest BCUT2D eigenvalue weighted by molar-refractivity contribution is 5.73. The molecule has 0 aromatic heterocycles. The van der Waals surface area contributed by atoms with Crippen LogP contribution in [0.3, 0.4) is 0 Å². The largest absolute Gasteiger partial charge is 0.394 e. The van der Waals surface area contributed by atoms with Crippen molar-refractivity contribution in [3.63, 3.8) is 0 Å². The van der Waals surface area contributed by atoms with Crippen LogP contribution in [0.2, 0.25) is 0 Å². The van der Waals surface area contributed by atoms with E-state index < -0.39 is 80.5 Å². The maximum atomic E-state index is 11.4. The number of hydrogen-bond donors (Lipinski definition) is 8. The van der Waals surface area contributed by atoms with Gasteiger partial charge in [0.25, 0.3) is 0 Å². The number of carbonyl (C=O) groups excluding carboxylic acids is 1. The molecular formula is C14H25NO11. The molecule has 0 aliphatic carbocycles. The van der Waals surface area contributed by atoms with Crippen molar-refractivity contribution in [1.82, 2.24) is 5.32 Å². The van der Waals surface area contributed by atoms with Crippen molar-refractivity contribution < 1.29 is 54.8 Å². The first-order valence-corrected chi connectivity index (χ1v) is 8.06.